The Labute approximate surface area is 182 Å². The molecule has 0 radical (unpaired) electrons. The van der Waals surface area contributed by atoms with E-state index in [1.54, 1.807) is 18.5 Å². The number of benzene rings is 1. The van der Waals surface area contributed by atoms with Crippen LogP contribution in [0.2, 0.25) is 0 Å². The first-order valence-corrected chi connectivity index (χ1v) is 10.9. The summed E-state index contributed by atoms with van der Waals surface area (Å²) in [6.07, 6.45) is 3.67. The Balaban J connectivity index is 1.85. The van der Waals surface area contributed by atoms with E-state index in [0.29, 0.717) is 18.7 Å². The van der Waals surface area contributed by atoms with E-state index in [0.717, 1.165) is 54.0 Å². The highest BCUT2D eigenvalue weighted by Gasteiger charge is 2.28. The number of fused-ring (bicyclic) bond motifs is 1. The number of ether oxygens (including phenoxy) is 2. The molecule has 1 aliphatic rings. The van der Waals surface area contributed by atoms with Gasteiger partial charge in [-0.05, 0) is 62.9 Å². The SMILES string of the molecule is CCOC(C)(O)Cn1c(C2CCOCC2)nc2ccc(-c3cc(C)c(=O)n(C)c3)cc21. The van der Waals surface area contributed by atoms with Crippen LogP contribution in [-0.2, 0) is 23.1 Å². The zero-order chi connectivity index (χ0) is 22.2. The number of aryl methyl sites for hydroxylation is 2. The second-order valence-corrected chi connectivity index (χ2v) is 8.58. The maximum atomic E-state index is 12.1. The molecular formula is C24H31N3O4. The number of imidazole rings is 1. The van der Waals surface area contributed by atoms with Crippen LogP contribution in [0.1, 0.15) is 44.0 Å². The average Bonchev–Trinajstić information content (AvgIpc) is 3.09. The summed E-state index contributed by atoms with van der Waals surface area (Å²) in [5.41, 5.74) is 4.52. The fourth-order valence-electron chi connectivity index (χ4n) is 4.44. The number of nitrogens with zero attached hydrogens (tertiary/aromatic N) is 3. The molecule has 0 bridgehead atoms. The summed E-state index contributed by atoms with van der Waals surface area (Å²) in [7, 11) is 1.77. The Bertz CT molecular complexity index is 1110. The van der Waals surface area contributed by atoms with Gasteiger partial charge in [0.2, 0.25) is 0 Å². The fraction of sp³-hybridized carbons (Fsp3) is 0.500. The number of aliphatic hydroxyl groups is 1. The van der Waals surface area contributed by atoms with E-state index in [4.69, 9.17) is 14.5 Å². The Morgan fingerprint density at radius 1 is 1.26 bits per heavy atom. The molecule has 4 rings (SSSR count). The maximum absolute atomic E-state index is 12.1. The zero-order valence-corrected chi connectivity index (χ0v) is 18.7. The predicted octanol–water partition coefficient (Wildman–Crippen LogP) is 3.35. The molecule has 1 unspecified atom stereocenters. The average molecular weight is 426 g/mol. The minimum atomic E-state index is -1.30. The van der Waals surface area contributed by atoms with Gasteiger partial charge >= 0.3 is 0 Å². The second kappa shape index (κ2) is 8.57. The smallest absolute Gasteiger partial charge is 0.253 e. The summed E-state index contributed by atoms with van der Waals surface area (Å²) in [5.74, 6) is -0.0557. The van der Waals surface area contributed by atoms with Gasteiger partial charge in [0, 0.05) is 44.5 Å². The normalized spacial score (nSPS) is 17.2. The van der Waals surface area contributed by atoms with Crippen LogP contribution in [0.5, 0.6) is 0 Å². The summed E-state index contributed by atoms with van der Waals surface area (Å²) in [6.45, 7) is 7.55. The quantitative estimate of drug-likeness (QED) is 0.613. The maximum Gasteiger partial charge on any atom is 0.253 e. The predicted molar refractivity (Wildman–Crippen MR) is 120 cm³/mol. The zero-order valence-electron chi connectivity index (χ0n) is 18.7. The Morgan fingerprint density at radius 3 is 2.68 bits per heavy atom. The van der Waals surface area contributed by atoms with Crippen LogP contribution in [0.25, 0.3) is 22.2 Å². The van der Waals surface area contributed by atoms with Gasteiger partial charge in [0.25, 0.3) is 5.56 Å². The van der Waals surface area contributed by atoms with Gasteiger partial charge in [-0.25, -0.2) is 4.98 Å². The molecule has 1 saturated heterocycles. The van der Waals surface area contributed by atoms with E-state index < -0.39 is 5.79 Å². The minimum absolute atomic E-state index is 0.00411. The van der Waals surface area contributed by atoms with E-state index in [1.165, 1.54) is 0 Å². The molecule has 3 aromatic rings. The van der Waals surface area contributed by atoms with Gasteiger partial charge in [0.15, 0.2) is 5.79 Å². The molecule has 0 aliphatic carbocycles. The Kier molecular flexibility index (Phi) is 6.01. The number of aromatic nitrogens is 3. The van der Waals surface area contributed by atoms with Crippen molar-refractivity contribution >= 4 is 11.0 Å². The molecule has 1 atom stereocenters. The lowest BCUT2D eigenvalue weighted by atomic mass is 9.99. The summed E-state index contributed by atoms with van der Waals surface area (Å²) in [6, 6.07) is 8.06. The molecule has 2 aromatic heterocycles. The third-order valence-electron chi connectivity index (χ3n) is 5.97. The number of hydrogen-bond acceptors (Lipinski definition) is 5. The first kappa shape index (κ1) is 21.7. The highest BCUT2D eigenvalue weighted by atomic mass is 16.6. The van der Waals surface area contributed by atoms with Crippen molar-refractivity contribution in [3.63, 3.8) is 0 Å². The van der Waals surface area contributed by atoms with Crippen LogP contribution in [0.3, 0.4) is 0 Å². The number of pyridine rings is 1. The van der Waals surface area contributed by atoms with Crippen LogP contribution in [0.4, 0.5) is 0 Å². The third-order valence-corrected chi connectivity index (χ3v) is 5.97. The molecule has 31 heavy (non-hydrogen) atoms. The van der Waals surface area contributed by atoms with Crippen LogP contribution >= 0.6 is 0 Å². The molecule has 1 N–H and O–H groups in total. The lowest BCUT2D eigenvalue weighted by Crippen LogP contribution is -2.35. The first-order valence-electron chi connectivity index (χ1n) is 10.9. The molecule has 0 spiro atoms. The molecule has 0 amide bonds. The summed E-state index contributed by atoms with van der Waals surface area (Å²) in [4.78, 5) is 17.1. The van der Waals surface area contributed by atoms with Crippen molar-refractivity contribution in [1.82, 2.24) is 14.1 Å². The highest BCUT2D eigenvalue weighted by molar-refractivity contribution is 5.83. The van der Waals surface area contributed by atoms with E-state index in [9.17, 15) is 9.90 Å². The van der Waals surface area contributed by atoms with Gasteiger partial charge < -0.3 is 23.7 Å². The highest BCUT2D eigenvalue weighted by Crippen LogP contribution is 2.32. The van der Waals surface area contributed by atoms with E-state index in [1.807, 2.05) is 38.2 Å². The van der Waals surface area contributed by atoms with Crippen LogP contribution in [-0.4, -0.2) is 44.8 Å². The van der Waals surface area contributed by atoms with Crippen LogP contribution < -0.4 is 5.56 Å². The van der Waals surface area contributed by atoms with E-state index in [-0.39, 0.29) is 11.5 Å². The molecular weight excluding hydrogens is 394 g/mol. The fourth-order valence-corrected chi connectivity index (χ4v) is 4.44. The van der Waals surface area contributed by atoms with Crippen LogP contribution in [0, 0.1) is 6.92 Å². The van der Waals surface area contributed by atoms with Gasteiger partial charge in [-0.3, -0.25) is 4.79 Å². The lowest BCUT2D eigenvalue weighted by Gasteiger charge is -2.28. The number of hydrogen-bond donors (Lipinski definition) is 1. The molecule has 1 aliphatic heterocycles. The van der Waals surface area contributed by atoms with E-state index in [2.05, 4.69) is 10.6 Å². The monoisotopic (exact) mass is 425 g/mol. The lowest BCUT2D eigenvalue weighted by molar-refractivity contribution is -0.195. The van der Waals surface area contributed by atoms with E-state index >= 15 is 0 Å². The van der Waals surface area contributed by atoms with Crippen molar-refractivity contribution in [2.75, 3.05) is 19.8 Å². The van der Waals surface area contributed by atoms with Crippen molar-refractivity contribution in [1.29, 1.82) is 0 Å². The molecule has 1 aromatic carbocycles. The van der Waals surface area contributed by atoms with Gasteiger partial charge in [0.05, 0.1) is 17.6 Å². The topological polar surface area (TPSA) is 78.5 Å². The van der Waals surface area contributed by atoms with Crippen molar-refractivity contribution in [2.24, 2.45) is 7.05 Å². The largest absolute Gasteiger partial charge is 0.381 e. The number of rotatable bonds is 6. The molecule has 3 heterocycles. The molecule has 1 fully saturated rings. The molecule has 7 nitrogen and oxygen atoms in total. The molecule has 7 heteroatoms. The second-order valence-electron chi connectivity index (χ2n) is 8.58. The summed E-state index contributed by atoms with van der Waals surface area (Å²) in [5, 5.41) is 10.8. The van der Waals surface area contributed by atoms with Gasteiger partial charge in [-0.1, -0.05) is 6.07 Å². The minimum Gasteiger partial charge on any atom is -0.381 e. The molecule has 0 saturated carbocycles. The van der Waals surface area contributed by atoms with Gasteiger partial charge in [0.1, 0.15) is 5.82 Å². The summed E-state index contributed by atoms with van der Waals surface area (Å²) < 4.78 is 14.8. The first-order chi connectivity index (χ1) is 14.8. The van der Waals surface area contributed by atoms with Crippen molar-refractivity contribution in [3.05, 3.63) is 52.2 Å². The van der Waals surface area contributed by atoms with Crippen LogP contribution in [0.15, 0.2) is 35.3 Å². The standard InChI is InChI=1S/C24H31N3O4/c1-5-31-24(3,29)15-27-21-13-18(19-12-16(2)23(28)26(4)14-19)6-7-20(21)25-22(27)17-8-10-30-11-9-17/h6-7,12-14,17,29H,5,8-11,15H2,1-4H3. The van der Waals surface area contributed by atoms with Crippen molar-refractivity contribution < 1.29 is 14.6 Å². The third kappa shape index (κ3) is 4.44. The summed E-state index contributed by atoms with van der Waals surface area (Å²) >= 11 is 0. The Morgan fingerprint density at radius 2 is 2.00 bits per heavy atom. The van der Waals surface area contributed by atoms with Gasteiger partial charge in [-0.15, -0.1) is 0 Å². The van der Waals surface area contributed by atoms with Crippen molar-refractivity contribution in [3.8, 4) is 11.1 Å². The Hall–Kier alpha value is -2.48. The van der Waals surface area contributed by atoms with Gasteiger partial charge in [-0.2, -0.15) is 0 Å². The van der Waals surface area contributed by atoms with Crippen molar-refractivity contribution in [2.45, 2.75) is 51.9 Å². The molecule has 166 valence electrons.